The third kappa shape index (κ3) is 3.22. The topological polar surface area (TPSA) is 86.7 Å². The maximum atomic E-state index is 12.3. The highest BCUT2D eigenvalue weighted by atomic mass is 127. The lowest BCUT2D eigenvalue weighted by atomic mass is 10.1. The fourth-order valence-corrected chi connectivity index (χ4v) is 2.31. The quantitative estimate of drug-likeness (QED) is 0.778. The molecule has 0 aliphatic carbocycles. The van der Waals surface area contributed by atoms with Gasteiger partial charge in [0.2, 0.25) is 5.91 Å². The minimum atomic E-state index is -1.000. The SMILES string of the molecule is O=C(O)CCN1CC(=O)Nc2ccc(I)cc2C1=O. The number of rotatable bonds is 3. The standard InChI is InChI=1S/C12H11IN2O4/c13-7-1-2-9-8(5-7)12(19)15(4-3-11(17)18)6-10(16)14-9/h1-2,5H,3-4,6H2,(H,14,16)(H,17,18). The Balaban J connectivity index is 2.31. The highest BCUT2D eigenvalue weighted by Crippen LogP contribution is 2.23. The first-order valence-corrected chi connectivity index (χ1v) is 6.65. The summed E-state index contributed by atoms with van der Waals surface area (Å²) < 4.78 is 0.874. The van der Waals surface area contributed by atoms with E-state index in [0.29, 0.717) is 11.3 Å². The van der Waals surface area contributed by atoms with E-state index in [1.807, 2.05) is 0 Å². The zero-order valence-electron chi connectivity index (χ0n) is 9.85. The van der Waals surface area contributed by atoms with Crippen molar-refractivity contribution in [3.05, 3.63) is 27.3 Å². The van der Waals surface area contributed by atoms with Crippen molar-refractivity contribution in [1.82, 2.24) is 4.90 Å². The van der Waals surface area contributed by atoms with Gasteiger partial charge >= 0.3 is 5.97 Å². The number of hydrogen-bond donors (Lipinski definition) is 2. The van der Waals surface area contributed by atoms with Crippen LogP contribution in [0.3, 0.4) is 0 Å². The van der Waals surface area contributed by atoms with Gasteiger partial charge in [0.05, 0.1) is 17.7 Å². The van der Waals surface area contributed by atoms with Gasteiger partial charge in [-0.05, 0) is 40.8 Å². The Morgan fingerprint density at radius 3 is 2.84 bits per heavy atom. The van der Waals surface area contributed by atoms with E-state index in [4.69, 9.17) is 5.11 Å². The number of halogens is 1. The Hall–Kier alpha value is -1.64. The minimum Gasteiger partial charge on any atom is -0.481 e. The van der Waals surface area contributed by atoms with Crippen LogP contribution in [-0.4, -0.2) is 40.9 Å². The van der Waals surface area contributed by atoms with Gasteiger partial charge in [0.15, 0.2) is 0 Å². The third-order valence-corrected chi connectivity index (χ3v) is 3.37. The highest BCUT2D eigenvalue weighted by Gasteiger charge is 2.26. The molecule has 6 nitrogen and oxygen atoms in total. The summed E-state index contributed by atoms with van der Waals surface area (Å²) in [5.74, 6) is -1.65. The highest BCUT2D eigenvalue weighted by molar-refractivity contribution is 14.1. The number of carbonyl (C=O) groups is 3. The van der Waals surface area contributed by atoms with Crippen LogP contribution in [0.4, 0.5) is 5.69 Å². The monoisotopic (exact) mass is 374 g/mol. The Kier molecular flexibility index (Phi) is 4.03. The molecule has 2 rings (SSSR count). The van der Waals surface area contributed by atoms with Crippen LogP contribution < -0.4 is 5.32 Å². The number of aliphatic carboxylic acids is 1. The molecule has 0 bridgehead atoms. The van der Waals surface area contributed by atoms with Crippen LogP contribution >= 0.6 is 22.6 Å². The van der Waals surface area contributed by atoms with Crippen LogP contribution in [0.2, 0.25) is 0 Å². The smallest absolute Gasteiger partial charge is 0.305 e. The number of benzene rings is 1. The van der Waals surface area contributed by atoms with E-state index in [1.165, 1.54) is 4.90 Å². The number of carbonyl (C=O) groups excluding carboxylic acids is 2. The van der Waals surface area contributed by atoms with Crippen molar-refractivity contribution in [1.29, 1.82) is 0 Å². The van der Waals surface area contributed by atoms with Gasteiger partial charge in [0.25, 0.3) is 5.91 Å². The zero-order chi connectivity index (χ0) is 14.0. The number of hydrogen-bond acceptors (Lipinski definition) is 3. The van der Waals surface area contributed by atoms with E-state index >= 15 is 0 Å². The Morgan fingerprint density at radius 1 is 1.42 bits per heavy atom. The molecule has 0 saturated carbocycles. The number of anilines is 1. The van der Waals surface area contributed by atoms with Crippen molar-refractivity contribution < 1.29 is 19.5 Å². The van der Waals surface area contributed by atoms with Gasteiger partial charge in [-0.1, -0.05) is 0 Å². The first-order chi connectivity index (χ1) is 8.97. The molecule has 1 aromatic carbocycles. The van der Waals surface area contributed by atoms with E-state index in [-0.39, 0.29) is 31.3 Å². The van der Waals surface area contributed by atoms with Crippen LogP contribution in [0.1, 0.15) is 16.8 Å². The van der Waals surface area contributed by atoms with Gasteiger partial charge in [-0.25, -0.2) is 0 Å². The summed E-state index contributed by atoms with van der Waals surface area (Å²) in [5.41, 5.74) is 0.858. The molecule has 100 valence electrons. The number of nitrogens with one attached hydrogen (secondary N) is 1. The number of amides is 2. The molecule has 0 fully saturated rings. The average Bonchev–Trinajstić information content (AvgIpc) is 2.45. The predicted molar refractivity (Wildman–Crippen MR) is 75.9 cm³/mol. The van der Waals surface area contributed by atoms with Crippen LogP contribution in [0, 0.1) is 3.57 Å². The summed E-state index contributed by atoms with van der Waals surface area (Å²) in [6.45, 7) is -0.107. The van der Waals surface area contributed by atoms with Gasteiger partial charge < -0.3 is 15.3 Å². The fraction of sp³-hybridized carbons (Fsp3) is 0.250. The van der Waals surface area contributed by atoms with Crippen molar-refractivity contribution in [2.45, 2.75) is 6.42 Å². The number of fused-ring (bicyclic) bond motifs is 1. The number of nitrogens with zero attached hydrogens (tertiary/aromatic N) is 1. The van der Waals surface area contributed by atoms with E-state index in [2.05, 4.69) is 27.9 Å². The van der Waals surface area contributed by atoms with Crippen LogP contribution in [-0.2, 0) is 9.59 Å². The molecule has 2 N–H and O–H groups in total. The molecule has 1 aliphatic heterocycles. The molecule has 0 spiro atoms. The maximum Gasteiger partial charge on any atom is 0.305 e. The second-order valence-electron chi connectivity index (χ2n) is 4.11. The summed E-state index contributed by atoms with van der Waals surface area (Å²) in [4.78, 5) is 35.8. The van der Waals surface area contributed by atoms with Gasteiger partial charge in [-0.2, -0.15) is 0 Å². The first kappa shape index (κ1) is 13.8. The van der Waals surface area contributed by atoms with Gasteiger partial charge in [-0.15, -0.1) is 0 Å². The van der Waals surface area contributed by atoms with E-state index in [0.717, 1.165) is 3.57 Å². The van der Waals surface area contributed by atoms with Gasteiger partial charge in [-0.3, -0.25) is 14.4 Å². The number of carboxylic acids is 1. The average molecular weight is 374 g/mol. The zero-order valence-corrected chi connectivity index (χ0v) is 12.0. The van der Waals surface area contributed by atoms with Crippen molar-refractivity contribution in [3.8, 4) is 0 Å². The molecular weight excluding hydrogens is 363 g/mol. The molecule has 1 heterocycles. The molecule has 0 saturated heterocycles. The second-order valence-corrected chi connectivity index (χ2v) is 5.35. The molecule has 7 heteroatoms. The molecule has 0 radical (unpaired) electrons. The molecule has 0 atom stereocenters. The van der Waals surface area contributed by atoms with E-state index < -0.39 is 5.97 Å². The summed E-state index contributed by atoms with van der Waals surface area (Å²) in [5, 5.41) is 11.3. The minimum absolute atomic E-state index is 0.0203. The van der Waals surface area contributed by atoms with Crippen molar-refractivity contribution in [2.75, 3.05) is 18.4 Å². The summed E-state index contributed by atoms with van der Waals surface area (Å²) in [6.07, 6.45) is -0.182. The Morgan fingerprint density at radius 2 is 2.16 bits per heavy atom. The van der Waals surface area contributed by atoms with Crippen LogP contribution in [0.15, 0.2) is 18.2 Å². The predicted octanol–water partition coefficient (Wildman–Crippen LogP) is 1.16. The summed E-state index contributed by atoms with van der Waals surface area (Å²) >= 11 is 2.08. The summed E-state index contributed by atoms with van der Waals surface area (Å²) in [7, 11) is 0. The lowest BCUT2D eigenvalue weighted by Gasteiger charge is -2.18. The lowest BCUT2D eigenvalue weighted by Crippen LogP contribution is -2.36. The van der Waals surface area contributed by atoms with E-state index in [1.54, 1.807) is 18.2 Å². The molecule has 0 aromatic heterocycles. The largest absolute Gasteiger partial charge is 0.481 e. The first-order valence-electron chi connectivity index (χ1n) is 5.58. The van der Waals surface area contributed by atoms with Crippen LogP contribution in [0.25, 0.3) is 0 Å². The lowest BCUT2D eigenvalue weighted by molar-refractivity contribution is -0.137. The van der Waals surface area contributed by atoms with Crippen molar-refractivity contribution in [3.63, 3.8) is 0 Å². The normalized spacial score (nSPS) is 14.7. The van der Waals surface area contributed by atoms with Crippen molar-refractivity contribution in [2.24, 2.45) is 0 Å². The molecule has 1 aromatic rings. The molecular formula is C12H11IN2O4. The summed E-state index contributed by atoms with van der Waals surface area (Å²) in [6, 6.07) is 5.14. The second kappa shape index (κ2) is 5.55. The molecule has 2 amide bonds. The van der Waals surface area contributed by atoms with Crippen molar-refractivity contribution >= 4 is 46.1 Å². The van der Waals surface area contributed by atoms with Crippen LogP contribution in [0.5, 0.6) is 0 Å². The maximum absolute atomic E-state index is 12.3. The fourth-order valence-electron chi connectivity index (χ4n) is 1.82. The van der Waals surface area contributed by atoms with Gasteiger partial charge in [0.1, 0.15) is 6.54 Å². The van der Waals surface area contributed by atoms with Gasteiger partial charge in [0, 0.05) is 10.1 Å². The molecule has 19 heavy (non-hydrogen) atoms. The Bertz CT molecular complexity index is 559. The Labute approximate surface area is 122 Å². The molecule has 0 unspecified atom stereocenters. The third-order valence-electron chi connectivity index (χ3n) is 2.70. The molecule has 1 aliphatic rings. The van der Waals surface area contributed by atoms with E-state index in [9.17, 15) is 14.4 Å². The number of carboxylic acid groups (broad SMARTS) is 1.